The molecule has 0 saturated carbocycles. The highest BCUT2D eigenvalue weighted by Gasteiger charge is 2.16. The molecule has 2 N–H and O–H groups in total. The molecule has 0 aliphatic carbocycles. The Morgan fingerprint density at radius 1 is 1.10 bits per heavy atom. The number of aromatic nitrogens is 3. The van der Waals surface area contributed by atoms with Crippen LogP contribution in [0.15, 0.2) is 48.8 Å². The first kappa shape index (κ1) is 13.5. The first-order valence-corrected chi connectivity index (χ1v) is 6.94. The van der Waals surface area contributed by atoms with E-state index < -0.39 is 0 Å². The fourth-order valence-electron chi connectivity index (χ4n) is 2.70. The molecule has 0 bridgehead atoms. The molecule has 0 saturated heterocycles. The summed E-state index contributed by atoms with van der Waals surface area (Å²) in [6.07, 6.45) is 3.61. The Hall–Kier alpha value is -2.46. The lowest BCUT2D eigenvalue weighted by Crippen LogP contribution is -1.98. The minimum Gasteiger partial charge on any atom is -0.326 e. The Kier molecular flexibility index (Phi) is 3.54. The maximum absolute atomic E-state index is 5.76. The van der Waals surface area contributed by atoms with E-state index in [-0.39, 0.29) is 0 Å². The van der Waals surface area contributed by atoms with Crippen molar-refractivity contribution in [2.75, 3.05) is 0 Å². The highest BCUT2D eigenvalue weighted by molar-refractivity contribution is 5.82. The van der Waals surface area contributed by atoms with Gasteiger partial charge in [-0.05, 0) is 36.2 Å². The quantitative estimate of drug-likeness (QED) is 0.801. The SMILES string of the molecule is Cc1nn(C)c(-c2cccc(CN)c2)c1-c1ccncc1. The summed E-state index contributed by atoms with van der Waals surface area (Å²) in [4.78, 5) is 4.09. The Bertz CT molecular complexity index is 760. The van der Waals surface area contributed by atoms with E-state index in [2.05, 4.69) is 22.2 Å². The Morgan fingerprint density at radius 2 is 1.86 bits per heavy atom. The maximum atomic E-state index is 5.76. The van der Waals surface area contributed by atoms with Gasteiger partial charge in [-0.3, -0.25) is 9.67 Å². The summed E-state index contributed by atoms with van der Waals surface area (Å²) < 4.78 is 1.93. The average molecular weight is 278 g/mol. The summed E-state index contributed by atoms with van der Waals surface area (Å²) in [5.74, 6) is 0. The summed E-state index contributed by atoms with van der Waals surface area (Å²) in [6, 6.07) is 12.3. The highest BCUT2D eigenvalue weighted by Crippen LogP contribution is 2.34. The summed E-state index contributed by atoms with van der Waals surface area (Å²) >= 11 is 0. The van der Waals surface area contributed by atoms with Crippen molar-refractivity contribution in [2.45, 2.75) is 13.5 Å². The standard InChI is InChI=1S/C17H18N4/c1-12-16(14-6-8-19-9-7-14)17(21(2)20-12)15-5-3-4-13(10-15)11-18/h3-10H,11,18H2,1-2H3. The van der Waals surface area contributed by atoms with Crippen LogP contribution in [-0.2, 0) is 13.6 Å². The van der Waals surface area contributed by atoms with Crippen molar-refractivity contribution < 1.29 is 0 Å². The molecule has 4 nitrogen and oxygen atoms in total. The van der Waals surface area contributed by atoms with Crippen molar-refractivity contribution in [3.8, 4) is 22.4 Å². The Morgan fingerprint density at radius 3 is 2.57 bits per heavy atom. The highest BCUT2D eigenvalue weighted by atomic mass is 15.3. The van der Waals surface area contributed by atoms with Crippen molar-refractivity contribution in [1.29, 1.82) is 0 Å². The minimum atomic E-state index is 0.537. The summed E-state index contributed by atoms with van der Waals surface area (Å²) in [5.41, 5.74) is 12.4. The van der Waals surface area contributed by atoms with Crippen molar-refractivity contribution >= 4 is 0 Å². The van der Waals surface area contributed by atoms with E-state index in [0.717, 1.165) is 33.6 Å². The second kappa shape index (κ2) is 5.50. The van der Waals surface area contributed by atoms with Gasteiger partial charge in [0.15, 0.2) is 0 Å². The Balaban J connectivity index is 2.23. The van der Waals surface area contributed by atoms with Crippen molar-refractivity contribution in [3.63, 3.8) is 0 Å². The van der Waals surface area contributed by atoms with Gasteiger partial charge in [0.2, 0.25) is 0 Å². The fourth-order valence-corrected chi connectivity index (χ4v) is 2.70. The molecule has 21 heavy (non-hydrogen) atoms. The zero-order valence-electron chi connectivity index (χ0n) is 12.2. The van der Waals surface area contributed by atoms with Crippen LogP contribution in [0.3, 0.4) is 0 Å². The van der Waals surface area contributed by atoms with Crippen LogP contribution < -0.4 is 5.73 Å². The summed E-state index contributed by atoms with van der Waals surface area (Å²) in [7, 11) is 1.97. The third-order valence-corrected chi connectivity index (χ3v) is 3.63. The monoisotopic (exact) mass is 278 g/mol. The molecule has 0 spiro atoms. The van der Waals surface area contributed by atoms with Crippen LogP contribution in [0.5, 0.6) is 0 Å². The van der Waals surface area contributed by atoms with Gasteiger partial charge in [0.1, 0.15) is 0 Å². The lowest BCUT2D eigenvalue weighted by molar-refractivity contribution is 0.764. The number of nitrogens with two attached hydrogens (primary N) is 1. The molecule has 0 aliphatic rings. The van der Waals surface area contributed by atoms with Crippen LogP contribution in [-0.4, -0.2) is 14.8 Å². The molecule has 0 aliphatic heterocycles. The molecule has 4 heteroatoms. The normalized spacial score (nSPS) is 10.8. The van der Waals surface area contributed by atoms with Gasteiger partial charge in [0.25, 0.3) is 0 Å². The van der Waals surface area contributed by atoms with E-state index >= 15 is 0 Å². The lowest BCUT2D eigenvalue weighted by Gasteiger charge is -2.08. The molecule has 3 aromatic rings. The van der Waals surface area contributed by atoms with Gasteiger partial charge in [-0.2, -0.15) is 5.10 Å². The predicted molar refractivity (Wildman–Crippen MR) is 84.5 cm³/mol. The number of pyridine rings is 1. The van der Waals surface area contributed by atoms with E-state index in [1.165, 1.54) is 0 Å². The van der Waals surface area contributed by atoms with Crippen LogP contribution in [0.25, 0.3) is 22.4 Å². The maximum Gasteiger partial charge on any atom is 0.0760 e. The van der Waals surface area contributed by atoms with Crippen LogP contribution in [0.4, 0.5) is 0 Å². The molecule has 2 aromatic heterocycles. The molecule has 0 radical (unpaired) electrons. The van der Waals surface area contributed by atoms with Crippen LogP contribution >= 0.6 is 0 Å². The van der Waals surface area contributed by atoms with Crippen molar-refractivity contribution in [2.24, 2.45) is 12.8 Å². The fraction of sp³-hybridized carbons (Fsp3) is 0.176. The predicted octanol–water partition coefficient (Wildman–Crippen LogP) is 2.92. The van der Waals surface area contributed by atoms with E-state index in [1.54, 1.807) is 0 Å². The molecule has 0 atom stereocenters. The van der Waals surface area contributed by atoms with Crippen molar-refractivity contribution in [1.82, 2.24) is 14.8 Å². The number of rotatable bonds is 3. The lowest BCUT2D eigenvalue weighted by atomic mass is 9.99. The van der Waals surface area contributed by atoms with Crippen LogP contribution in [0, 0.1) is 6.92 Å². The van der Waals surface area contributed by atoms with Gasteiger partial charge in [0, 0.05) is 37.1 Å². The number of hydrogen-bond acceptors (Lipinski definition) is 3. The largest absolute Gasteiger partial charge is 0.326 e. The second-order valence-electron chi connectivity index (χ2n) is 5.07. The molecule has 0 unspecified atom stereocenters. The minimum absolute atomic E-state index is 0.537. The molecule has 0 amide bonds. The Labute approximate surface area is 124 Å². The number of nitrogens with zero attached hydrogens (tertiary/aromatic N) is 3. The van der Waals surface area contributed by atoms with Gasteiger partial charge in [-0.15, -0.1) is 0 Å². The molecular formula is C17H18N4. The van der Waals surface area contributed by atoms with Crippen LogP contribution in [0.2, 0.25) is 0 Å². The first-order chi connectivity index (χ1) is 10.2. The summed E-state index contributed by atoms with van der Waals surface area (Å²) in [5, 5.41) is 4.58. The molecular weight excluding hydrogens is 260 g/mol. The van der Waals surface area contributed by atoms with Gasteiger partial charge in [-0.1, -0.05) is 18.2 Å². The van der Waals surface area contributed by atoms with Gasteiger partial charge < -0.3 is 5.73 Å². The van der Waals surface area contributed by atoms with Gasteiger partial charge in [-0.25, -0.2) is 0 Å². The average Bonchev–Trinajstić information content (AvgIpc) is 2.82. The number of aryl methyl sites for hydroxylation is 2. The van der Waals surface area contributed by atoms with E-state index in [1.807, 2.05) is 55.3 Å². The van der Waals surface area contributed by atoms with Crippen LogP contribution in [0.1, 0.15) is 11.3 Å². The second-order valence-corrected chi connectivity index (χ2v) is 5.07. The van der Waals surface area contributed by atoms with E-state index in [0.29, 0.717) is 6.54 Å². The zero-order valence-corrected chi connectivity index (χ0v) is 12.2. The molecule has 106 valence electrons. The third kappa shape index (κ3) is 2.45. The molecule has 2 heterocycles. The van der Waals surface area contributed by atoms with Crippen molar-refractivity contribution in [3.05, 3.63) is 60.0 Å². The number of hydrogen-bond donors (Lipinski definition) is 1. The van der Waals surface area contributed by atoms with Gasteiger partial charge >= 0.3 is 0 Å². The number of benzene rings is 1. The van der Waals surface area contributed by atoms with E-state index in [4.69, 9.17) is 5.73 Å². The van der Waals surface area contributed by atoms with Gasteiger partial charge in [0.05, 0.1) is 11.4 Å². The smallest absolute Gasteiger partial charge is 0.0760 e. The third-order valence-electron chi connectivity index (χ3n) is 3.63. The van der Waals surface area contributed by atoms with E-state index in [9.17, 15) is 0 Å². The first-order valence-electron chi connectivity index (χ1n) is 6.94. The topological polar surface area (TPSA) is 56.7 Å². The molecule has 0 fully saturated rings. The summed E-state index contributed by atoms with van der Waals surface area (Å²) in [6.45, 7) is 2.57. The molecule has 3 rings (SSSR count). The molecule has 1 aromatic carbocycles. The zero-order chi connectivity index (χ0) is 14.8.